The highest BCUT2D eigenvalue weighted by atomic mass is 16.2. The van der Waals surface area contributed by atoms with E-state index in [1.807, 2.05) is 31.6 Å². The molecule has 0 aliphatic carbocycles. The highest BCUT2D eigenvalue weighted by molar-refractivity contribution is 5.88. The van der Waals surface area contributed by atoms with Crippen LogP contribution in [0.3, 0.4) is 0 Å². The van der Waals surface area contributed by atoms with E-state index in [1.165, 1.54) is 5.56 Å². The molecule has 0 aromatic carbocycles. The Hall–Kier alpha value is -3.16. The maximum Gasteiger partial charge on any atom is 0.322 e. The number of hydrogen-bond donors (Lipinski definition) is 1. The van der Waals surface area contributed by atoms with Crippen molar-refractivity contribution in [2.45, 2.75) is 19.4 Å². The van der Waals surface area contributed by atoms with E-state index in [9.17, 15) is 4.79 Å². The van der Waals surface area contributed by atoms with Gasteiger partial charge in [-0.3, -0.25) is 15.0 Å². The zero-order chi connectivity index (χ0) is 18.4. The van der Waals surface area contributed by atoms with E-state index in [0.717, 1.165) is 18.4 Å². The number of pyridine rings is 1. The van der Waals surface area contributed by atoms with E-state index in [-0.39, 0.29) is 6.03 Å². The van der Waals surface area contributed by atoms with Crippen molar-refractivity contribution in [3.05, 3.63) is 60.3 Å². The van der Waals surface area contributed by atoms with Crippen molar-refractivity contribution in [3.63, 3.8) is 0 Å². The van der Waals surface area contributed by atoms with Crippen LogP contribution in [0.25, 0.3) is 0 Å². The fraction of sp³-hybridized carbons (Fsp3) is 0.333. The van der Waals surface area contributed by atoms with Crippen molar-refractivity contribution in [1.29, 1.82) is 0 Å². The van der Waals surface area contributed by atoms with Gasteiger partial charge in [-0.1, -0.05) is 6.07 Å². The minimum atomic E-state index is -0.149. The number of aryl methyl sites for hydroxylation is 2. The second-order valence-electron chi connectivity index (χ2n) is 6.21. The van der Waals surface area contributed by atoms with Crippen LogP contribution in [0.15, 0.2) is 49.2 Å². The summed E-state index contributed by atoms with van der Waals surface area (Å²) in [5.41, 5.74) is 2.20. The fourth-order valence-corrected chi connectivity index (χ4v) is 2.66. The Kier molecular flexibility index (Phi) is 5.62. The lowest BCUT2D eigenvalue weighted by atomic mass is 10.2. The van der Waals surface area contributed by atoms with Gasteiger partial charge < -0.3 is 4.90 Å². The molecule has 0 atom stereocenters. The third-order valence-corrected chi connectivity index (χ3v) is 4.07. The van der Waals surface area contributed by atoms with Gasteiger partial charge in [0.15, 0.2) is 0 Å². The molecule has 3 rings (SSSR count). The van der Waals surface area contributed by atoms with Gasteiger partial charge in [-0.05, 0) is 30.0 Å². The number of nitrogens with one attached hydrogen (secondary N) is 1. The van der Waals surface area contributed by atoms with Gasteiger partial charge >= 0.3 is 6.03 Å². The van der Waals surface area contributed by atoms with Crippen molar-refractivity contribution in [2.24, 2.45) is 7.05 Å². The number of amides is 2. The summed E-state index contributed by atoms with van der Waals surface area (Å²) in [6.45, 7) is 1.22. The van der Waals surface area contributed by atoms with E-state index >= 15 is 0 Å². The lowest BCUT2D eigenvalue weighted by Crippen LogP contribution is -2.33. The number of carbonyl (C=O) groups is 1. The van der Waals surface area contributed by atoms with Crippen molar-refractivity contribution >= 4 is 11.8 Å². The number of urea groups is 1. The van der Waals surface area contributed by atoms with E-state index in [0.29, 0.717) is 18.9 Å². The van der Waals surface area contributed by atoms with Crippen LogP contribution < -0.4 is 5.32 Å². The summed E-state index contributed by atoms with van der Waals surface area (Å²) < 4.78 is 3.54. The lowest BCUT2D eigenvalue weighted by molar-refractivity contribution is 0.221. The molecule has 26 heavy (non-hydrogen) atoms. The SMILES string of the molecule is CN(CCCc1cnn(C)c1)C(=O)Nc1ccnn1Cc1cccnc1. The number of anilines is 1. The van der Waals surface area contributed by atoms with E-state index in [2.05, 4.69) is 20.5 Å². The predicted molar refractivity (Wildman–Crippen MR) is 98.7 cm³/mol. The van der Waals surface area contributed by atoms with Gasteiger partial charge in [-0.15, -0.1) is 0 Å². The molecule has 0 aliphatic rings. The van der Waals surface area contributed by atoms with Gasteiger partial charge in [0.25, 0.3) is 0 Å². The number of hydrogen-bond acceptors (Lipinski definition) is 4. The van der Waals surface area contributed by atoms with Crippen LogP contribution in [-0.2, 0) is 20.0 Å². The zero-order valence-electron chi connectivity index (χ0n) is 15.0. The van der Waals surface area contributed by atoms with E-state index in [4.69, 9.17) is 0 Å². The van der Waals surface area contributed by atoms with Gasteiger partial charge in [0.1, 0.15) is 5.82 Å². The Labute approximate surface area is 152 Å². The second-order valence-corrected chi connectivity index (χ2v) is 6.21. The molecule has 0 saturated heterocycles. The van der Waals surface area contributed by atoms with Crippen LogP contribution in [0.4, 0.5) is 10.6 Å². The summed E-state index contributed by atoms with van der Waals surface area (Å²) in [4.78, 5) is 18.2. The number of nitrogens with zero attached hydrogens (tertiary/aromatic N) is 6. The quantitative estimate of drug-likeness (QED) is 0.706. The first-order valence-corrected chi connectivity index (χ1v) is 8.52. The Bertz CT molecular complexity index is 840. The standard InChI is InChI=1S/C18H23N7O/c1-23(10-4-6-16-12-21-24(2)13-16)18(26)22-17-7-9-20-25(17)14-15-5-3-8-19-11-15/h3,5,7-9,11-13H,4,6,10,14H2,1-2H3,(H,22,26). The summed E-state index contributed by atoms with van der Waals surface area (Å²) in [5.74, 6) is 0.665. The lowest BCUT2D eigenvalue weighted by Gasteiger charge is -2.18. The molecule has 0 spiro atoms. The summed E-state index contributed by atoms with van der Waals surface area (Å²) >= 11 is 0. The van der Waals surface area contributed by atoms with Crippen LogP contribution in [0.2, 0.25) is 0 Å². The minimum Gasteiger partial charge on any atom is -0.328 e. The summed E-state index contributed by atoms with van der Waals surface area (Å²) in [6, 6.07) is 5.50. The molecule has 136 valence electrons. The molecule has 8 heteroatoms. The molecule has 3 aromatic rings. The van der Waals surface area contributed by atoms with Gasteiger partial charge in [-0.25, -0.2) is 9.48 Å². The minimum absolute atomic E-state index is 0.149. The molecule has 3 aromatic heterocycles. The number of aromatic nitrogens is 5. The topological polar surface area (TPSA) is 80.9 Å². The van der Waals surface area contributed by atoms with Gasteiger partial charge in [-0.2, -0.15) is 10.2 Å². The van der Waals surface area contributed by atoms with Crippen molar-refractivity contribution in [3.8, 4) is 0 Å². The Morgan fingerprint density at radius 2 is 2.08 bits per heavy atom. The van der Waals surface area contributed by atoms with Crippen molar-refractivity contribution in [1.82, 2.24) is 29.4 Å². The maximum absolute atomic E-state index is 12.4. The Balaban J connectivity index is 1.50. The van der Waals surface area contributed by atoms with Crippen molar-refractivity contribution in [2.75, 3.05) is 18.9 Å². The summed E-state index contributed by atoms with van der Waals surface area (Å²) in [5, 5.41) is 11.3. The molecule has 0 radical (unpaired) electrons. The second kappa shape index (κ2) is 8.28. The van der Waals surface area contributed by atoms with Crippen LogP contribution in [-0.4, -0.2) is 49.1 Å². The third kappa shape index (κ3) is 4.69. The smallest absolute Gasteiger partial charge is 0.322 e. The van der Waals surface area contributed by atoms with E-state index < -0.39 is 0 Å². The predicted octanol–water partition coefficient (Wildman–Crippen LogP) is 2.16. The average Bonchev–Trinajstić information content (AvgIpc) is 3.25. The van der Waals surface area contributed by atoms with Crippen LogP contribution in [0.5, 0.6) is 0 Å². The Morgan fingerprint density at radius 1 is 1.19 bits per heavy atom. The highest BCUT2D eigenvalue weighted by Crippen LogP contribution is 2.10. The monoisotopic (exact) mass is 353 g/mol. The molecule has 2 amide bonds. The molecule has 0 aliphatic heterocycles. The van der Waals surface area contributed by atoms with Gasteiger partial charge in [0.05, 0.1) is 18.9 Å². The van der Waals surface area contributed by atoms with Gasteiger partial charge in [0, 0.05) is 45.3 Å². The third-order valence-electron chi connectivity index (χ3n) is 4.07. The Morgan fingerprint density at radius 3 is 2.81 bits per heavy atom. The highest BCUT2D eigenvalue weighted by Gasteiger charge is 2.12. The zero-order valence-corrected chi connectivity index (χ0v) is 15.0. The molecular weight excluding hydrogens is 330 g/mol. The molecular formula is C18H23N7O. The molecule has 0 fully saturated rings. The molecule has 0 bridgehead atoms. The largest absolute Gasteiger partial charge is 0.328 e. The number of rotatable bonds is 7. The van der Waals surface area contributed by atoms with Crippen LogP contribution in [0, 0.1) is 0 Å². The first-order chi connectivity index (χ1) is 12.6. The maximum atomic E-state index is 12.4. The average molecular weight is 353 g/mol. The first-order valence-electron chi connectivity index (χ1n) is 8.52. The first kappa shape index (κ1) is 17.7. The van der Waals surface area contributed by atoms with Gasteiger partial charge in [0.2, 0.25) is 0 Å². The van der Waals surface area contributed by atoms with Crippen molar-refractivity contribution < 1.29 is 4.79 Å². The van der Waals surface area contributed by atoms with Crippen LogP contribution >= 0.6 is 0 Å². The normalized spacial score (nSPS) is 10.7. The number of carbonyl (C=O) groups excluding carboxylic acids is 1. The van der Waals surface area contributed by atoms with E-state index in [1.54, 1.807) is 46.0 Å². The molecule has 3 heterocycles. The molecule has 0 unspecified atom stereocenters. The fourth-order valence-electron chi connectivity index (χ4n) is 2.66. The van der Waals surface area contributed by atoms with Crippen LogP contribution in [0.1, 0.15) is 17.5 Å². The summed E-state index contributed by atoms with van der Waals surface area (Å²) in [6.07, 6.45) is 10.8. The molecule has 1 N–H and O–H groups in total. The molecule has 8 nitrogen and oxygen atoms in total. The summed E-state index contributed by atoms with van der Waals surface area (Å²) in [7, 11) is 3.69. The molecule has 0 saturated carbocycles.